The molecule has 0 aliphatic carbocycles. The molecule has 0 radical (unpaired) electrons. The number of nitrogens with one attached hydrogen (secondary N) is 1. The molecule has 2 N–H and O–H groups in total. The van der Waals surface area contributed by atoms with Gasteiger partial charge in [0.05, 0.1) is 23.2 Å². The number of carbonyl (C=O) groups is 2. The number of halogens is 5. The molecule has 1 amide bonds. The van der Waals surface area contributed by atoms with Crippen LogP contribution in [0.3, 0.4) is 0 Å². The van der Waals surface area contributed by atoms with E-state index in [0.29, 0.717) is 58.3 Å². The number of aryl methyl sites for hydroxylation is 1. The molecular weight excluding hydrogens is 518 g/mol. The van der Waals surface area contributed by atoms with Gasteiger partial charge in [0.2, 0.25) is 0 Å². The van der Waals surface area contributed by atoms with Crippen molar-refractivity contribution in [2.45, 2.75) is 44.8 Å². The van der Waals surface area contributed by atoms with Crippen LogP contribution in [0.4, 0.5) is 18.9 Å². The average molecular weight is 544 g/mol. The second kappa shape index (κ2) is 10.2. The third kappa shape index (κ3) is 5.34. The fourth-order valence-corrected chi connectivity index (χ4v) is 5.73. The fourth-order valence-electron chi connectivity index (χ4n) is 5.12. The number of nitrogens with zero attached hydrogens (tertiary/aromatic N) is 2. The summed E-state index contributed by atoms with van der Waals surface area (Å²) in [6.45, 7) is 2.50. The largest absolute Gasteiger partial charge is 0.481 e. The molecule has 0 saturated carbocycles. The first-order valence-corrected chi connectivity index (χ1v) is 12.4. The van der Waals surface area contributed by atoms with Gasteiger partial charge in [0, 0.05) is 36.2 Å². The van der Waals surface area contributed by atoms with Crippen LogP contribution in [0.5, 0.6) is 0 Å². The number of benzene rings is 2. The molecule has 36 heavy (non-hydrogen) atoms. The topological polar surface area (TPSA) is 76.2 Å². The molecular formula is C25H26Cl2F3N3O3. The molecule has 2 aromatic rings. The molecule has 0 aromatic heterocycles. The maximum atomic E-state index is 13.3. The summed E-state index contributed by atoms with van der Waals surface area (Å²) in [5, 5.41) is 10.1. The number of quaternary nitrogens is 1. The number of amides is 1. The van der Waals surface area contributed by atoms with E-state index < -0.39 is 23.8 Å². The van der Waals surface area contributed by atoms with Gasteiger partial charge in [-0.05, 0) is 61.4 Å². The third-order valence-corrected chi connectivity index (χ3v) is 7.75. The first-order chi connectivity index (χ1) is 16.9. The molecule has 1 fully saturated rings. The van der Waals surface area contributed by atoms with E-state index in [4.69, 9.17) is 28.3 Å². The maximum absolute atomic E-state index is 13.3. The summed E-state index contributed by atoms with van der Waals surface area (Å²) in [7, 11) is 1.68. The van der Waals surface area contributed by atoms with Crippen LogP contribution in [0.2, 0.25) is 10.0 Å². The van der Waals surface area contributed by atoms with Crippen LogP contribution < -0.4 is 5.01 Å². The number of carboxylic acids is 1. The van der Waals surface area contributed by atoms with Crippen LogP contribution in [-0.4, -0.2) is 42.0 Å². The third-order valence-electron chi connectivity index (χ3n) is 6.97. The Bertz CT molecular complexity index is 1200. The highest BCUT2D eigenvalue weighted by Crippen LogP contribution is 2.42. The number of carbonyl (C=O) groups excluding carboxylic acids is 1. The quantitative estimate of drug-likeness (QED) is 0.531. The molecule has 11 heteroatoms. The summed E-state index contributed by atoms with van der Waals surface area (Å²) < 4.78 is 40.0. The highest BCUT2D eigenvalue weighted by Gasteiger charge is 2.35. The lowest BCUT2D eigenvalue weighted by Crippen LogP contribution is -2.98. The zero-order valence-corrected chi connectivity index (χ0v) is 21.3. The van der Waals surface area contributed by atoms with Gasteiger partial charge >= 0.3 is 12.1 Å². The smallest absolute Gasteiger partial charge is 0.416 e. The summed E-state index contributed by atoms with van der Waals surface area (Å²) in [5.41, 5.74) is 6.32. The van der Waals surface area contributed by atoms with Crippen LogP contribution in [0.1, 0.15) is 57.9 Å². The van der Waals surface area contributed by atoms with Gasteiger partial charge in [-0.15, -0.1) is 0 Å². The predicted molar refractivity (Wildman–Crippen MR) is 130 cm³/mol. The van der Waals surface area contributed by atoms with Crippen molar-refractivity contribution in [1.29, 1.82) is 0 Å². The second-order valence-electron chi connectivity index (χ2n) is 9.41. The number of hydrogen-bond donors (Lipinski definition) is 2. The number of rotatable bonds is 5. The lowest BCUT2D eigenvalue weighted by Gasteiger charge is -2.32. The van der Waals surface area contributed by atoms with Crippen molar-refractivity contribution in [3.8, 4) is 0 Å². The van der Waals surface area contributed by atoms with Crippen molar-refractivity contribution in [2.75, 3.05) is 20.1 Å². The lowest BCUT2D eigenvalue weighted by molar-refractivity contribution is -0.764. The number of piperidine rings is 1. The van der Waals surface area contributed by atoms with Crippen LogP contribution >= 0.6 is 23.2 Å². The molecule has 2 aromatic carbocycles. The van der Waals surface area contributed by atoms with Crippen LogP contribution in [0, 0.1) is 12.8 Å². The second-order valence-corrected chi connectivity index (χ2v) is 10.2. The van der Waals surface area contributed by atoms with Crippen molar-refractivity contribution in [3.05, 3.63) is 67.6 Å². The van der Waals surface area contributed by atoms with E-state index in [2.05, 4.69) is 5.43 Å². The Morgan fingerprint density at radius 2 is 1.86 bits per heavy atom. The Morgan fingerprint density at radius 3 is 2.47 bits per heavy atom. The van der Waals surface area contributed by atoms with Gasteiger partial charge in [-0.1, -0.05) is 29.2 Å². The minimum atomic E-state index is -4.46. The number of alkyl halides is 3. The van der Waals surface area contributed by atoms with Gasteiger partial charge in [0.1, 0.15) is 5.69 Å². The van der Waals surface area contributed by atoms with Crippen LogP contribution in [0.25, 0.3) is 5.43 Å². The van der Waals surface area contributed by atoms with Gasteiger partial charge in [-0.2, -0.15) is 13.2 Å². The van der Waals surface area contributed by atoms with E-state index in [0.717, 1.165) is 12.1 Å². The molecule has 194 valence electrons. The summed E-state index contributed by atoms with van der Waals surface area (Å²) in [4.78, 5) is 25.9. The zero-order valence-electron chi connectivity index (χ0n) is 19.8. The fraction of sp³-hybridized carbons (Fsp3) is 0.440. The maximum Gasteiger partial charge on any atom is 0.416 e. The van der Waals surface area contributed by atoms with E-state index in [1.165, 1.54) is 0 Å². The first kappa shape index (κ1) is 26.7. The molecule has 2 aliphatic heterocycles. The summed E-state index contributed by atoms with van der Waals surface area (Å²) in [6.07, 6.45) is -2.94. The highest BCUT2D eigenvalue weighted by atomic mass is 35.5. The number of likely N-dealkylation sites (tertiary alicyclic amines) is 1. The minimum Gasteiger partial charge on any atom is -0.481 e. The molecule has 0 bridgehead atoms. The van der Waals surface area contributed by atoms with E-state index in [9.17, 15) is 22.8 Å². The molecule has 4 rings (SSSR count). The first-order valence-electron chi connectivity index (χ1n) is 11.6. The zero-order chi connectivity index (χ0) is 26.4. The normalized spacial score (nSPS) is 20.5. The summed E-state index contributed by atoms with van der Waals surface area (Å²) in [5.74, 6) is -1.07. The van der Waals surface area contributed by atoms with Gasteiger partial charge in [-0.25, -0.2) is 0 Å². The molecule has 2 heterocycles. The molecule has 2 atom stereocenters. The molecule has 2 unspecified atom stereocenters. The van der Waals surface area contributed by atoms with Crippen LogP contribution in [0.15, 0.2) is 24.3 Å². The Balaban J connectivity index is 1.57. The van der Waals surface area contributed by atoms with Gasteiger partial charge in [0.15, 0.2) is 0 Å². The lowest BCUT2D eigenvalue weighted by atomic mass is 9.92. The number of fused-ring (bicyclic) bond motifs is 1. The molecule has 0 spiro atoms. The number of carboxylic acid groups (broad SMARTS) is 1. The Kier molecular flexibility index (Phi) is 7.57. The monoisotopic (exact) mass is 543 g/mol. The average Bonchev–Trinajstić information content (AvgIpc) is 3.11. The van der Waals surface area contributed by atoms with Crippen molar-refractivity contribution in [2.24, 2.45) is 5.92 Å². The van der Waals surface area contributed by atoms with Gasteiger partial charge < -0.3 is 20.4 Å². The standard InChI is InChI=1S/C25H26Cl2F3N3O3/c1-13-9-15(25(28,29)30)11-20-22(13)19(31-32(20)2)12-17-18(26)4-3-16(23(17)27)24(36)33-7-5-14(6-8-33)10-21(34)35/h3-4,9,11,14,19,32H,5-8,10,12H2,1-2H3,(H,34,35). The Labute approximate surface area is 216 Å². The molecule has 2 aliphatic rings. The number of hydrogen-bond acceptors (Lipinski definition) is 2. The summed E-state index contributed by atoms with van der Waals surface area (Å²) >= 11 is 13.1. The van der Waals surface area contributed by atoms with Crippen LogP contribution in [-0.2, 0) is 17.4 Å². The van der Waals surface area contributed by atoms with Crippen molar-refractivity contribution in [3.63, 3.8) is 0 Å². The molecule has 6 nitrogen and oxygen atoms in total. The summed E-state index contributed by atoms with van der Waals surface area (Å²) in [6, 6.07) is 4.93. The van der Waals surface area contributed by atoms with E-state index in [-0.39, 0.29) is 35.3 Å². The van der Waals surface area contributed by atoms with Gasteiger partial charge in [0.25, 0.3) is 5.91 Å². The van der Waals surface area contributed by atoms with E-state index >= 15 is 0 Å². The van der Waals surface area contributed by atoms with Crippen molar-refractivity contribution in [1.82, 2.24) is 4.90 Å². The van der Waals surface area contributed by atoms with Gasteiger partial charge in [-0.3, -0.25) is 9.59 Å². The Morgan fingerprint density at radius 1 is 1.19 bits per heavy atom. The SMILES string of the molecule is Cc1cc(C(F)(F)F)cc2c1C(Cc1c(Cl)ccc(C(=O)N3CCC(CC(=O)O)CC3)c1Cl)[N-][NH+]2C. The predicted octanol–water partition coefficient (Wildman–Crippen LogP) is 5.38. The van der Waals surface area contributed by atoms with Crippen molar-refractivity contribution < 1.29 is 32.9 Å². The molecule has 1 saturated heterocycles. The van der Waals surface area contributed by atoms with Crippen molar-refractivity contribution >= 4 is 40.8 Å². The Hall–Kier alpha value is -2.33. The highest BCUT2D eigenvalue weighted by molar-refractivity contribution is 6.38. The van der Waals surface area contributed by atoms with E-state index in [1.807, 2.05) is 0 Å². The van der Waals surface area contributed by atoms with E-state index in [1.54, 1.807) is 31.0 Å². The number of aliphatic carboxylic acids is 1. The minimum absolute atomic E-state index is 0.0347.